The van der Waals surface area contributed by atoms with E-state index >= 15 is 0 Å². The molecule has 1 N–H and O–H groups in total. The van der Waals surface area contributed by atoms with Gasteiger partial charge in [0, 0.05) is 7.11 Å². The number of hydrogen-bond donors (Lipinski definition) is 1. The minimum Gasteiger partial charge on any atom is -0.388 e. The summed E-state index contributed by atoms with van der Waals surface area (Å²) in [5.74, 6) is 0. The van der Waals surface area contributed by atoms with Crippen molar-refractivity contribution in [1.29, 1.82) is 0 Å². The van der Waals surface area contributed by atoms with Crippen LogP contribution in [0.5, 0.6) is 0 Å². The maximum absolute atomic E-state index is 10.9. The van der Waals surface area contributed by atoms with Crippen molar-refractivity contribution in [1.82, 2.24) is 0 Å². The summed E-state index contributed by atoms with van der Waals surface area (Å²) in [5, 5.41) is 10.9. The smallest absolute Gasteiger partial charge is 0.186 e. The lowest BCUT2D eigenvalue weighted by atomic mass is 9.96. The first-order valence-electron chi connectivity index (χ1n) is 9.51. The fraction of sp³-hybridized carbons (Fsp3) is 0.391. The second kappa shape index (κ2) is 10.5. The molecule has 2 aromatic carbocycles. The third-order valence-corrected chi connectivity index (χ3v) is 4.82. The van der Waals surface area contributed by atoms with Crippen molar-refractivity contribution in [2.75, 3.05) is 7.11 Å². The van der Waals surface area contributed by atoms with Gasteiger partial charge in [0.25, 0.3) is 0 Å². The van der Waals surface area contributed by atoms with Crippen LogP contribution in [0.1, 0.15) is 17.5 Å². The molecular weight excluding hydrogens is 356 g/mol. The molecule has 3 rings (SSSR count). The minimum atomic E-state index is -0.853. The van der Waals surface area contributed by atoms with Gasteiger partial charge in [-0.1, -0.05) is 66.7 Å². The van der Waals surface area contributed by atoms with Crippen molar-refractivity contribution in [3.8, 4) is 0 Å². The van der Waals surface area contributed by atoms with Crippen LogP contribution in [-0.4, -0.2) is 42.9 Å². The molecule has 1 aliphatic rings. The largest absolute Gasteiger partial charge is 0.388 e. The van der Waals surface area contributed by atoms with Gasteiger partial charge in [-0.05, 0) is 17.5 Å². The van der Waals surface area contributed by atoms with Crippen LogP contribution in [0.15, 0.2) is 73.3 Å². The SMILES string of the molecule is C=CC[C@@H]1O[C@@H](OC)[C@H](OCc2ccccc2)[C@@H](OCc2ccccc2)[C@@H]1O. The van der Waals surface area contributed by atoms with Crippen LogP contribution < -0.4 is 0 Å². The molecule has 0 spiro atoms. The van der Waals surface area contributed by atoms with Crippen LogP contribution in [-0.2, 0) is 32.2 Å². The van der Waals surface area contributed by atoms with E-state index in [0.717, 1.165) is 11.1 Å². The molecule has 2 aromatic rings. The van der Waals surface area contributed by atoms with Crippen LogP contribution in [0.3, 0.4) is 0 Å². The van der Waals surface area contributed by atoms with Crippen molar-refractivity contribution in [3.05, 3.63) is 84.4 Å². The van der Waals surface area contributed by atoms with E-state index in [2.05, 4.69) is 6.58 Å². The first-order chi connectivity index (χ1) is 13.7. The van der Waals surface area contributed by atoms with Crippen LogP contribution in [0.4, 0.5) is 0 Å². The van der Waals surface area contributed by atoms with Gasteiger partial charge in [-0.25, -0.2) is 0 Å². The van der Waals surface area contributed by atoms with Crippen molar-refractivity contribution < 1.29 is 24.1 Å². The topological polar surface area (TPSA) is 57.2 Å². The Morgan fingerprint density at radius 3 is 1.96 bits per heavy atom. The van der Waals surface area contributed by atoms with Gasteiger partial charge < -0.3 is 24.1 Å². The molecule has 0 aromatic heterocycles. The summed E-state index contributed by atoms with van der Waals surface area (Å²) in [6.07, 6.45) is -0.887. The van der Waals surface area contributed by atoms with Gasteiger partial charge in [0.05, 0.1) is 19.3 Å². The summed E-state index contributed by atoms with van der Waals surface area (Å²) in [5.41, 5.74) is 2.05. The maximum Gasteiger partial charge on any atom is 0.186 e. The van der Waals surface area contributed by atoms with E-state index in [1.807, 2.05) is 60.7 Å². The van der Waals surface area contributed by atoms with E-state index < -0.39 is 30.7 Å². The molecule has 5 nitrogen and oxygen atoms in total. The van der Waals surface area contributed by atoms with Gasteiger partial charge in [0.15, 0.2) is 6.29 Å². The molecule has 150 valence electrons. The Balaban J connectivity index is 1.75. The monoisotopic (exact) mass is 384 g/mol. The molecule has 0 aliphatic carbocycles. The first-order valence-corrected chi connectivity index (χ1v) is 9.51. The number of aliphatic hydroxyl groups is 1. The highest BCUT2D eigenvalue weighted by Crippen LogP contribution is 2.29. The highest BCUT2D eigenvalue weighted by molar-refractivity contribution is 5.14. The predicted molar refractivity (Wildman–Crippen MR) is 107 cm³/mol. The summed E-state index contributed by atoms with van der Waals surface area (Å²) in [4.78, 5) is 0. The van der Waals surface area contributed by atoms with Gasteiger partial charge in [-0.15, -0.1) is 6.58 Å². The standard InChI is InChI=1S/C23H28O5/c1-3-10-19-20(24)21(26-15-17-11-6-4-7-12-17)22(23(25-2)28-19)27-16-18-13-8-5-9-14-18/h3-9,11-14,19-24H,1,10,15-16H2,2H3/t19-,20+,21-,22+,23+/m0/s1. The summed E-state index contributed by atoms with van der Waals surface area (Å²) in [6, 6.07) is 19.7. The molecule has 0 bridgehead atoms. The molecule has 0 amide bonds. The van der Waals surface area contributed by atoms with E-state index in [1.165, 1.54) is 0 Å². The lowest BCUT2D eigenvalue weighted by Gasteiger charge is -2.43. The number of aliphatic hydroxyl groups excluding tert-OH is 1. The molecule has 0 saturated carbocycles. The van der Waals surface area contributed by atoms with E-state index in [4.69, 9.17) is 18.9 Å². The number of methoxy groups -OCH3 is 1. The Morgan fingerprint density at radius 1 is 0.929 bits per heavy atom. The second-order valence-corrected chi connectivity index (χ2v) is 6.82. The highest BCUT2D eigenvalue weighted by Gasteiger charge is 2.46. The van der Waals surface area contributed by atoms with Gasteiger partial charge >= 0.3 is 0 Å². The molecule has 0 unspecified atom stereocenters. The zero-order valence-corrected chi connectivity index (χ0v) is 16.1. The van der Waals surface area contributed by atoms with Crippen LogP contribution in [0.25, 0.3) is 0 Å². The molecule has 1 fully saturated rings. The van der Waals surface area contributed by atoms with Crippen LogP contribution in [0.2, 0.25) is 0 Å². The van der Waals surface area contributed by atoms with E-state index in [1.54, 1.807) is 13.2 Å². The normalized spacial score (nSPS) is 27.4. The Labute approximate surface area is 166 Å². The molecule has 5 atom stereocenters. The van der Waals surface area contributed by atoms with E-state index in [9.17, 15) is 5.11 Å². The third kappa shape index (κ3) is 5.28. The number of ether oxygens (including phenoxy) is 4. The molecule has 1 aliphatic heterocycles. The highest BCUT2D eigenvalue weighted by atomic mass is 16.7. The Bertz CT molecular complexity index is 705. The lowest BCUT2D eigenvalue weighted by molar-refractivity contribution is -0.309. The Kier molecular flexibility index (Phi) is 7.77. The van der Waals surface area contributed by atoms with Gasteiger partial charge in [0.1, 0.15) is 18.3 Å². The molecule has 1 heterocycles. The van der Waals surface area contributed by atoms with E-state index in [0.29, 0.717) is 19.6 Å². The fourth-order valence-electron chi connectivity index (χ4n) is 3.34. The Morgan fingerprint density at radius 2 is 1.46 bits per heavy atom. The number of rotatable bonds is 9. The van der Waals surface area contributed by atoms with Gasteiger partial charge in [0.2, 0.25) is 0 Å². The zero-order chi connectivity index (χ0) is 19.8. The lowest BCUT2D eigenvalue weighted by Crippen LogP contribution is -2.59. The number of benzene rings is 2. The summed E-state index contributed by atoms with van der Waals surface area (Å²) < 4.78 is 23.7. The van der Waals surface area contributed by atoms with Crippen molar-refractivity contribution >= 4 is 0 Å². The molecule has 5 heteroatoms. The third-order valence-electron chi connectivity index (χ3n) is 4.82. The van der Waals surface area contributed by atoms with Crippen LogP contribution in [0, 0.1) is 0 Å². The quantitative estimate of drug-likeness (QED) is 0.671. The van der Waals surface area contributed by atoms with Crippen molar-refractivity contribution in [2.45, 2.75) is 50.3 Å². The predicted octanol–water partition coefficient (Wildman–Crippen LogP) is 3.47. The molecule has 28 heavy (non-hydrogen) atoms. The maximum atomic E-state index is 10.9. The van der Waals surface area contributed by atoms with Gasteiger partial charge in [-0.3, -0.25) is 0 Å². The van der Waals surface area contributed by atoms with Crippen LogP contribution >= 0.6 is 0 Å². The zero-order valence-electron chi connectivity index (χ0n) is 16.1. The molecule has 1 saturated heterocycles. The molecule has 0 radical (unpaired) electrons. The second-order valence-electron chi connectivity index (χ2n) is 6.82. The van der Waals surface area contributed by atoms with Gasteiger partial charge in [-0.2, -0.15) is 0 Å². The Hall–Kier alpha value is -2.02. The fourth-order valence-corrected chi connectivity index (χ4v) is 3.34. The van der Waals surface area contributed by atoms with Crippen molar-refractivity contribution in [3.63, 3.8) is 0 Å². The average molecular weight is 384 g/mol. The summed E-state index contributed by atoms with van der Waals surface area (Å²) >= 11 is 0. The summed E-state index contributed by atoms with van der Waals surface area (Å²) in [6.45, 7) is 4.49. The number of hydrogen-bond acceptors (Lipinski definition) is 5. The van der Waals surface area contributed by atoms with E-state index in [-0.39, 0.29) is 0 Å². The summed E-state index contributed by atoms with van der Waals surface area (Å²) in [7, 11) is 1.57. The minimum absolute atomic E-state index is 0.366. The van der Waals surface area contributed by atoms with Crippen molar-refractivity contribution in [2.24, 2.45) is 0 Å². The molecular formula is C23H28O5. The first kappa shape index (κ1) is 20.7. The average Bonchev–Trinajstić information content (AvgIpc) is 2.74.